The second-order valence-electron chi connectivity index (χ2n) is 7.29. The summed E-state index contributed by atoms with van der Waals surface area (Å²) in [7, 11) is 1.91. The molecule has 1 aromatic heterocycles. The smallest absolute Gasteiger partial charge is 0.226 e. The van der Waals surface area contributed by atoms with Gasteiger partial charge in [-0.1, -0.05) is 66.7 Å². The number of amides is 1. The molecule has 0 saturated heterocycles. The Morgan fingerprint density at radius 2 is 1.56 bits per heavy atom. The molecule has 1 atom stereocenters. The predicted molar refractivity (Wildman–Crippen MR) is 107 cm³/mol. The fraction of sp³-hybridized carbons (Fsp3) is 0.250. The maximum Gasteiger partial charge on any atom is 0.226 e. The maximum atomic E-state index is 13.2. The van der Waals surface area contributed by atoms with E-state index in [1.54, 1.807) is 6.20 Å². The first-order valence-electron chi connectivity index (χ1n) is 9.48. The van der Waals surface area contributed by atoms with E-state index in [0.717, 1.165) is 18.5 Å². The van der Waals surface area contributed by atoms with Crippen molar-refractivity contribution in [3.8, 4) is 0 Å². The number of hydrogen-bond donors (Lipinski definition) is 0. The highest BCUT2D eigenvalue weighted by atomic mass is 16.2. The van der Waals surface area contributed by atoms with Crippen LogP contribution in [0.3, 0.4) is 0 Å². The Hall–Kier alpha value is -2.94. The Morgan fingerprint density at radius 3 is 2.11 bits per heavy atom. The van der Waals surface area contributed by atoms with E-state index in [0.29, 0.717) is 6.54 Å². The molecule has 1 fully saturated rings. The van der Waals surface area contributed by atoms with Crippen LogP contribution in [0.1, 0.15) is 23.2 Å². The molecule has 136 valence electrons. The minimum atomic E-state index is -0.196. The van der Waals surface area contributed by atoms with Gasteiger partial charge < -0.3 is 4.90 Å². The first-order chi connectivity index (χ1) is 13.2. The van der Waals surface area contributed by atoms with Gasteiger partial charge in [0, 0.05) is 37.3 Å². The number of carbonyl (C=O) groups is 1. The third-order valence-electron chi connectivity index (χ3n) is 5.64. The van der Waals surface area contributed by atoms with E-state index < -0.39 is 0 Å². The number of carbonyl (C=O) groups excluding carboxylic acids is 1. The van der Waals surface area contributed by atoms with Crippen molar-refractivity contribution in [1.29, 1.82) is 0 Å². The Morgan fingerprint density at radius 1 is 0.963 bits per heavy atom. The van der Waals surface area contributed by atoms with E-state index in [1.807, 2.05) is 42.3 Å². The van der Waals surface area contributed by atoms with Gasteiger partial charge in [-0.15, -0.1) is 0 Å². The molecular weight excluding hydrogens is 332 g/mol. The highest BCUT2D eigenvalue weighted by molar-refractivity contribution is 5.86. The lowest BCUT2D eigenvalue weighted by Crippen LogP contribution is -2.33. The summed E-state index contributed by atoms with van der Waals surface area (Å²) in [4.78, 5) is 19.4. The van der Waals surface area contributed by atoms with Gasteiger partial charge in [-0.3, -0.25) is 9.78 Å². The summed E-state index contributed by atoms with van der Waals surface area (Å²) in [6.07, 6.45) is 3.45. The number of pyridine rings is 1. The average molecular weight is 356 g/mol. The highest BCUT2D eigenvalue weighted by Crippen LogP contribution is 2.59. The molecule has 1 saturated carbocycles. The SMILES string of the molecule is CN(CCc1ccccn1)C(=O)C1CC1(c1ccccc1)c1ccccc1. The van der Waals surface area contributed by atoms with Gasteiger partial charge in [0.05, 0.1) is 5.92 Å². The van der Waals surface area contributed by atoms with E-state index in [-0.39, 0.29) is 17.2 Å². The molecule has 3 nitrogen and oxygen atoms in total. The zero-order valence-corrected chi connectivity index (χ0v) is 15.6. The number of likely N-dealkylation sites (N-methyl/N-ethyl adjacent to an activating group) is 1. The molecule has 0 aliphatic heterocycles. The van der Waals surface area contributed by atoms with E-state index in [9.17, 15) is 4.79 Å². The minimum absolute atomic E-state index is 0.00367. The fourth-order valence-electron chi connectivity index (χ4n) is 4.04. The minimum Gasteiger partial charge on any atom is -0.345 e. The van der Waals surface area contributed by atoms with Crippen LogP contribution in [0.2, 0.25) is 0 Å². The molecule has 4 rings (SSSR count). The Kier molecular flexibility index (Phi) is 4.76. The molecule has 27 heavy (non-hydrogen) atoms. The van der Waals surface area contributed by atoms with E-state index in [4.69, 9.17) is 0 Å². The molecule has 3 heteroatoms. The molecule has 1 amide bonds. The van der Waals surface area contributed by atoms with E-state index in [1.165, 1.54) is 11.1 Å². The van der Waals surface area contributed by atoms with Crippen molar-refractivity contribution >= 4 is 5.91 Å². The van der Waals surface area contributed by atoms with Crippen LogP contribution in [0.15, 0.2) is 85.1 Å². The molecule has 3 aromatic rings. The summed E-state index contributed by atoms with van der Waals surface area (Å²) < 4.78 is 0. The standard InChI is InChI=1S/C24H24N2O/c1-26(17-15-21-14-8-9-16-25-21)23(27)22-18-24(22,19-10-4-2-5-11-19)20-12-6-3-7-13-20/h2-14,16,22H,15,17-18H2,1H3. The summed E-state index contributed by atoms with van der Waals surface area (Å²) in [5.74, 6) is 0.217. The molecule has 0 radical (unpaired) electrons. The van der Waals surface area contributed by atoms with Crippen LogP contribution in [0.25, 0.3) is 0 Å². The number of benzene rings is 2. The van der Waals surface area contributed by atoms with Crippen LogP contribution in [0.4, 0.5) is 0 Å². The molecule has 1 aliphatic carbocycles. The van der Waals surface area contributed by atoms with Gasteiger partial charge in [-0.2, -0.15) is 0 Å². The summed E-state index contributed by atoms with van der Waals surface area (Å²) in [6, 6.07) is 26.8. The summed E-state index contributed by atoms with van der Waals surface area (Å²) in [5.41, 5.74) is 3.28. The van der Waals surface area contributed by atoms with E-state index in [2.05, 4.69) is 53.5 Å². The van der Waals surface area contributed by atoms with Gasteiger partial charge in [-0.05, 0) is 29.7 Å². The Labute approximate surface area is 160 Å². The summed E-state index contributed by atoms with van der Waals surface area (Å²) in [6.45, 7) is 0.687. The highest BCUT2D eigenvalue weighted by Gasteiger charge is 2.60. The lowest BCUT2D eigenvalue weighted by molar-refractivity contribution is -0.131. The summed E-state index contributed by atoms with van der Waals surface area (Å²) in [5, 5.41) is 0. The molecule has 1 heterocycles. The van der Waals surface area contributed by atoms with Crippen molar-refractivity contribution in [2.24, 2.45) is 5.92 Å². The van der Waals surface area contributed by atoms with Crippen molar-refractivity contribution in [2.75, 3.05) is 13.6 Å². The zero-order valence-electron chi connectivity index (χ0n) is 15.6. The molecule has 1 aliphatic rings. The van der Waals surface area contributed by atoms with Crippen LogP contribution in [0.5, 0.6) is 0 Å². The van der Waals surface area contributed by atoms with Gasteiger partial charge in [-0.25, -0.2) is 0 Å². The largest absolute Gasteiger partial charge is 0.345 e. The van der Waals surface area contributed by atoms with Crippen LogP contribution >= 0.6 is 0 Å². The Balaban J connectivity index is 1.53. The monoisotopic (exact) mass is 356 g/mol. The molecule has 2 aromatic carbocycles. The normalized spacial score (nSPS) is 17.3. The zero-order chi connectivity index (χ0) is 18.7. The van der Waals surface area contributed by atoms with Crippen molar-refractivity contribution in [3.63, 3.8) is 0 Å². The number of aromatic nitrogens is 1. The quantitative estimate of drug-likeness (QED) is 0.666. The lowest BCUT2D eigenvalue weighted by atomic mass is 9.85. The van der Waals surface area contributed by atoms with Gasteiger partial charge in [0.2, 0.25) is 5.91 Å². The van der Waals surface area contributed by atoms with Crippen LogP contribution in [0, 0.1) is 5.92 Å². The topological polar surface area (TPSA) is 33.2 Å². The van der Waals surface area contributed by atoms with Crippen molar-refractivity contribution in [2.45, 2.75) is 18.3 Å². The van der Waals surface area contributed by atoms with Gasteiger partial charge in [0.25, 0.3) is 0 Å². The Bertz CT molecular complexity index is 854. The lowest BCUT2D eigenvalue weighted by Gasteiger charge is -2.22. The molecule has 0 bridgehead atoms. The average Bonchev–Trinajstić information content (AvgIpc) is 3.50. The van der Waals surface area contributed by atoms with Crippen LogP contribution in [-0.4, -0.2) is 29.4 Å². The first-order valence-corrected chi connectivity index (χ1v) is 9.48. The van der Waals surface area contributed by atoms with E-state index >= 15 is 0 Å². The first kappa shape index (κ1) is 17.5. The second-order valence-corrected chi connectivity index (χ2v) is 7.29. The van der Waals surface area contributed by atoms with Crippen LogP contribution < -0.4 is 0 Å². The van der Waals surface area contributed by atoms with Crippen LogP contribution in [-0.2, 0) is 16.6 Å². The van der Waals surface area contributed by atoms with Gasteiger partial charge in [0.1, 0.15) is 0 Å². The predicted octanol–water partition coefficient (Wildman–Crippen LogP) is 4.09. The number of hydrogen-bond acceptors (Lipinski definition) is 2. The molecule has 0 N–H and O–H groups in total. The third-order valence-corrected chi connectivity index (χ3v) is 5.64. The van der Waals surface area contributed by atoms with Crippen molar-refractivity contribution in [1.82, 2.24) is 9.88 Å². The fourth-order valence-corrected chi connectivity index (χ4v) is 4.04. The van der Waals surface area contributed by atoms with Crippen molar-refractivity contribution < 1.29 is 4.79 Å². The number of rotatable bonds is 6. The molecule has 0 spiro atoms. The summed E-state index contributed by atoms with van der Waals surface area (Å²) >= 11 is 0. The number of nitrogens with zero attached hydrogens (tertiary/aromatic N) is 2. The van der Waals surface area contributed by atoms with Crippen molar-refractivity contribution in [3.05, 3.63) is 102 Å². The van der Waals surface area contributed by atoms with Gasteiger partial charge in [0.15, 0.2) is 0 Å². The van der Waals surface area contributed by atoms with Gasteiger partial charge >= 0.3 is 0 Å². The second kappa shape index (κ2) is 7.36. The maximum absolute atomic E-state index is 13.2. The molecule has 1 unspecified atom stereocenters. The molecular formula is C24H24N2O. The third kappa shape index (κ3) is 3.37.